The van der Waals surface area contributed by atoms with Crippen LogP contribution in [0.25, 0.3) is 16.9 Å². The first-order chi connectivity index (χ1) is 9.93. The number of nitrogens with two attached hydrogens (primary N) is 1. The fourth-order valence-corrected chi connectivity index (χ4v) is 2.78. The van der Waals surface area contributed by atoms with E-state index in [9.17, 15) is 8.78 Å². The number of anilines is 1. The molecule has 0 saturated heterocycles. The quantitative estimate of drug-likeness (QED) is 0.767. The Balaban J connectivity index is 2.43. The topological polar surface area (TPSA) is 61.7 Å². The number of aryl methyl sites for hydroxylation is 2. The SMILES string of the molecule is CCn1nc(C)c2nc(N)n(-c3c(F)cc(Br)cc3F)c21. The van der Waals surface area contributed by atoms with Gasteiger partial charge in [0.25, 0.3) is 0 Å². The minimum atomic E-state index is -0.727. The third-order valence-electron chi connectivity index (χ3n) is 3.24. The van der Waals surface area contributed by atoms with Crippen LogP contribution in [0.5, 0.6) is 0 Å². The molecule has 0 aliphatic rings. The molecule has 0 spiro atoms. The van der Waals surface area contributed by atoms with E-state index in [-0.39, 0.29) is 11.6 Å². The summed E-state index contributed by atoms with van der Waals surface area (Å²) in [5, 5.41) is 4.30. The van der Waals surface area contributed by atoms with Crippen LogP contribution in [0.3, 0.4) is 0 Å². The lowest BCUT2D eigenvalue weighted by atomic mass is 10.3. The summed E-state index contributed by atoms with van der Waals surface area (Å²) in [6, 6.07) is 2.37. The number of aromatic nitrogens is 4. The Morgan fingerprint density at radius 3 is 2.48 bits per heavy atom. The number of hydrogen-bond donors (Lipinski definition) is 1. The van der Waals surface area contributed by atoms with Crippen LogP contribution in [0.4, 0.5) is 14.7 Å². The van der Waals surface area contributed by atoms with Gasteiger partial charge in [-0.2, -0.15) is 5.10 Å². The summed E-state index contributed by atoms with van der Waals surface area (Å²) < 4.78 is 31.6. The second-order valence-corrected chi connectivity index (χ2v) is 5.51. The summed E-state index contributed by atoms with van der Waals surface area (Å²) in [7, 11) is 0. The van der Waals surface area contributed by atoms with E-state index < -0.39 is 11.6 Å². The predicted molar refractivity (Wildman–Crippen MR) is 79.3 cm³/mol. The second kappa shape index (κ2) is 4.80. The van der Waals surface area contributed by atoms with Gasteiger partial charge in [0.15, 0.2) is 17.3 Å². The van der Waals surface area contributed by atoms with Gasteiger partial charge in [0.2, 0.25) is 5.95 Å². The molecule has 21 heavy (non-hydrogen) atoms. The molecule has 0 amide bonds. The number of imidazole rings is 1. The third kappa shape index (κ3) is 2.01. The average molecular weight is 356 g/mol. The van der Waals surface area contributed by atoms with Crippen LogP contribution in [0.2, 0.25) is 0 Å². The molecule has 3 aromatic rings. The molecule has 0 atom stereocenters. The Bertz CT molecular complexity index is 829. The van der Waals surface area contributed by atoms with E-state index in [1.54, 1.807) is 11.6 Å². The minimum absolute atomic E-state index is 0.0211. The van der Waals surface area contributed by atoms with Crippen molar-refractivity contribution in [1.82, 2.24) is 19.3 Å². The van der Waals surface area contributed by atoms with E-state index in [1.807, 2.05) is 6.92 Å². The molecule has 0 aliphatic carbocycles. The lowest BCUT2D eigenvalue weighted by Crippen LogP contribution is -2.10. The van der Waals surface area contributed by atoms with Crippen LogP contribution in [0, 0.1) is 18.6 Å². The Kier molecular flexibility index (Phi) is 3.20. The molecule has 0 bridgehead atoms. The van der Waals surface area contributed by atoms with Gasteiger partial charge < -0.3 is 5.73 Å². The maximum absolute atomic E-state index is 14.2. The van der Waals surface area contributed by atoms with Crippen LogP contribution in [0.15, 0.2) is 16.6 Å². The highest BCUT2D eigenvalue weighted by Gasteiger charge is 2.22. The van der Waals surface area contributed by atoms with Crippen LogP contribution in [-0.2, 0) is 6.54 Å². The summed E-state index contributed by atoms with van der Waals surface area (Å²) in [6.45, 7) is 4.20. The zero-order valence-corrected chi connectivity index (χ0v) is 12.9. The number of nitrogens with zero attached hydrogens (tertiary/aromatic N) is 4. The van der Waals surface area contributed by atoms with Crippen molar-refractivity contribution < 1.29 is 8.78 Å². The standard InChI is InChI=1S/C13H12BrF2N5/c1-3-20-12-10(6(2)19-20)18-13(17)21(12)11-8(15)4-7(14)5-9(11)16/h4-5H,3H2,1-2H3,(H2,17,18). The fourth-order valence-electron chi connectivity index (χ4n) is 2.37. The van der Waals surface area contributed by atoms with Crippen LogP contribution >= 0.6 is 15.9 Å². The number of halogens is 3. The van der Waals surface area contributed by atoms with Gasteiger partial charge in [0, 0.05) is 11.0 Å². The molecule has 110 valence electrons. The Morgan fingerprint density at radius 1 is 1.29 bits per heavy atom. The van der Waals surface area contributed by atoms with Crippen molar-refractivity contribution in [2.24, 2.45) is 0 Å². The summed E-state index contributed by atoms with van der Waals surface area (Å²) >= 11 is 3.06. The van der Waals surface area contributed by atoms with Gasteiger partial charge >= 0.3 is 0 Å². The maximum Gasteiger partial charge on any atom is 0.207 e. The van der Waals surface area contributed by atoms with Crippen LogP contribution in [0.1, 0.15) is 12.6 Å². The third-order valence-corrected chi connectivity index (χ3v) is 3.70. The zero-order valence-electron chi connectivity index (χ0n) is 11.4. The molecule has 2 heterocycles. The molecule has 0 saturated carbocycles. The van der Waals surface area contributed by atoms with Crippen LogP contribution < -0.4 is 5.73 Å². The number of hydrogen-bond acceptors (Lipinski definition) is 3. The molecule has 0 unspecified atom stereocenters. The lowest BCUT2D eigenvalue weighted by Gasteiger charge is -2.10. The van der Waals surface area contributed by atoms with Crippen molar-refractivity contribution in [3.05, 3.63) is 33.9 Å². The van der Waals surface area contributed by atoms with Crippen molar-refractivity contribution in [3.8, 4) is 5.69 Å². The average Bonchev–Trinajstić information content (AvgIpc) is 2.87. The van der Waals surface area contributed by atoms with Gasteiger partial charge in [0.1, 0.15) is 11.2 Å². The van der Waals surface area contributed by atoms with Crippen molar-refractivity contribution >= 4 is 33.0 Å². The second-order valence-electron chi connectivity index (χ2n) is 4.60. The molecule has 0 aliphatic heterocycles. The Hall–Kier alpha value is -1.96. The number of rotatable bonds is 2. The molecule has 0 radical (unpaired) electrons. The highest BCUT2D eigenvalue weighted by Crippen LogP contribution is 2.30. The van der Waals surface area contributed by atoms with E-state index in [0.29, 0.717) is 27.9 Å². The van der Waals surface area contributed by atoms with E-state index >= 15 is 0 Å². The van der Waals surface area contributed by atoms with E-state index in [2.05, 4.69) is 26.0 Å². The van der Waals surface area contributed by atoms with Gasteiger partial charge in [-0.15, -0.1) is 0 Å². The number of fused-ring (bicyclic) bond motifs is 1. The largest absolute Gasteiger partial charge is 0.369 e. The number of benzene rings is 1. The highest BCUT2D eigenvalue weighted by molar-refractivity contribution is 9.10. The van der Waals surface area contributed by atoms with Crippen molar-refractivity contribution in [2.75, 3.05) is 5.73 Å². The lowest BCUT2D eigenvalue weighted by molar-refractivity contribution is 0.567. The summed E-state index contributed by atoms with van der Waals surface area (Å²) in [5.41, 5.74) is 7.29. The first-order valence-electron chi connectivity index (χ1n) is 6.30. The summed E-state index contributed by atoms with van der Waals surface area (Å²) in [4.78, 5) is 4.17. The van der Waals surface area contributed by atoms with Crippen molar-refractivity contribution in [1.29, 1.82) is 0 Å². The van der Waals surface area contributed by atoms with Gasteiger partial charge in [-0.25, -0.2) is 18.4 Å². The molecular weight excluding hydrogens is 344 g/mol. The first-order valence-corrected chi connectivity index (χ1v) is 7.09. The van der Waals surface area contributed by atoms with Gasteiger partial charge in [0.05, 0.1) is 5.69 Å². The van der Waals surface area contributed by atoms with E-state index in [0.717, 1.165) is 0 Å². The summed E-state index contributed by atoms with van der Waals surface area (Å²) in [6.07, 6.45) is 0. The first kappa shape index (κ1) is 14.0. The molecular formula is C13H12BrF2N5. The normalized spacial score (nSPS) is 11.5. The van der Waals surface area contributed by atoms with E-state index in [1.165, 1.54) is 16.7 Å². The molecule has 5 nitrogen and oxygen atoms in total. The Morgan fingerprint density at radius 2 is 1.90 bits per heavy atom. The fraction of sp³-hybridized carbons (Fsp3) is 0.231. The predicted octanol–water partition coefficient (Wildman–Crippen LogP) is 3.17. The monoisotopic (exact) mass is 355 g/mol. The Labute approximate surface area is 127 Å². The summed E-state index contributed by atoms with van der Waals surface area (Å²) in [5.74, 6) is -1.43. The highest BCUT2D eigenvalue weighted by atomic mass is 79.9. The molecule has 0 fully saturated rings. The maximum atomic E-state index is 14.2. The molecule has 1 aromatic carbocycles. The zero-order chi connectivity index (χ0) is 15.3. The van der Waals surface area contributed by atoms with Crippen LogP contribution in [-0.4, -0.2) is 19.3 Å². The smallest absolute Gasteiger partial charge is 0.207 e. The van der Waals surface area contributed by atoms with E-state index in [4.69, 9.17) is 5.73 Å². The van der Waals surface area contributed by atoms with Crippen molar-refractivity contribution in [3.63, 3.8) is 0 Å². The molecule has 3 rings (SSSR count). The minimum Gasteiger partial charge on any atom is -0.369 e. The molecule has 2 aromatic heterocycles. The molecule has 2 N–H and O–H groups in total. The van der Waals surface area contributed by atoms with Gasteiger partial charge in [-0.1, -0.05) is 15.9 Å². The number of nitrogen functional groups attached to an aromatic ring is 1. The van der Waals surface area contributed by atoms with Crippen molar-refractivity contribution in [2.45, 2.75) is 20.4 Å². The molecule has 8 heteroatoms. The van der Waals surface area contributed by atoms with Gasteiger partial charge in [-0.05, 0) is 26.0 Å². The van der Waals surface area contributed by atoms with Gasteiger partial charge in [-0.3, -0.25) is 4.57 Å².